The van der Waals surface area contributed by atoms with Gasteiger partial charge in [0, 0.05) is 19.0 Å². The van der Waals surface area contributed by atoms with Crippen LogP contribution in [0.1, 0.15) is 22.5 Å². The zero-order valence-corrected chi connectivity index (χ0v) is 13.7. The van der Waals surface area contributed by atoms with Crippen LogP contribution in [0.25, 0.3) is 0 Å². The second-order valence-electron chi connectivity index (χ2n) is 4.91. The quantitative estimate of drug-likeness (QED) is 0.800. The van der Waals surface area contributed by atoms with Crippen LogP contribution in [0.3, 0.4) is 0 Å². The van der Waals surface area contributed by atoms with Gasteiger partial charge in [-0.05, 0) is 19.1 Å². The highest BCUT2D eigenvalue weighted by Crippen LogP contribution is 2.27. The lowest BCUT2D eigenvalue weighted by atomic mass is 10.1. The summed E-state index contributed by atoms with van der Waals surface area (Å²) in [4.78, 5) is 24.1. The molecule has 24 heavy (non-hydrogen) atoms. The van der Waals surface area contributed by atoms with Crippen molar-refractivity contribution in [3.8, 4) is 11.5 Å². The molecule has 128 valence electrons. The third-order valence-corrected chi connectivity index (χ3v) is 3.19. The van der Waals surface area contributed by atoms with Crippen LogP contribution in [0.15, 0.2) is 28.8 Å². The number of methoxy groups -OCH3 is 2. The number of carbonyl (C=O) groups excluding carboxylic acids is 2. The van der Waals surface area contributed by atoms with Crippen LogP contribution in [0.2, 0.25) is 0 Å². The summed E-state index contributed by atoms with van der Waals surface area (Å²) in [5, 5.41) is 8.91. The van der Waals surface area contributed by atoms with Gasteiger partial charge in [0.25, 0.3) is 5.91 Å². The minimum absolute atomic E-state index is 0.0924. The van der Waals surface area contributed by atoms with Gasteiger partial charge in [-0.3, -0.25) is 9.59 Å². The normalized spacial score (nSPS) is 10.1. The molecule has 0 aliphatic carbocycles. The van der Waals surface area contributed by atoms with Gasteiger partial charge in [-0.2, -0.15) is 0 Å². The van der Waals surface area contributed by atoms with Gasteiger partial charge in [-0.15, -0.1) is 0 Å². The van der Waals surface area contributed by atoms with Crippen LogP contribution in [-0.2, 0) is 4.79 Å². The molecule has 0 unspecified atom stereocenters. The summed E-state index contributed by atoms with van der Waals surface area (Å²) in [6.07, 6.45) is 0.0924. The van der Waals surface area contributed by atoms with E-state index in [1.807, 2.05) is 0 Å². The van der Waals surface area contributed by atoms with Gasteiger partial charge in [-0.1, -0.05) is 11.2 Å². The highest BCUT2D eigenvalue weighted by atomic mass is 16.5. The van der Waals surface area contributed by atoms with E-state index in [9.17, 15) is 9.59 Å². The molecule has 1 aromatic heterocycles. The molecule has 0 atom stereocenters. The fourth-order valence-electron chi connectivity index (χ4n) is 2.08. The molecule has 0 aliphatic heterocycles. The fourth-order valence-corrected chi connectivity index (χ4v) is 2.08. The molecule has 8 heteroatoms. The van der Waals surface area contributed by atoms with Crippen LogP contribution in [0.5, 0.6) is 11.5 Å². The zero-order chi connectivity index (χ0) is 17.5. The molecule has 1 aromatic carbocycles. The largest absolute Gasteiger partial charge is 0.496 e. The van der Waals surface area contributed by atoms with E-state index < -0.39 is 0 Å². The van der Waals surface area contributed by atoms with Crippen LogP contribution >= 0.6 is 0 Å². The standard InChI is InChI=1S/C16H19N3O5/c1-10-9-13(19-24-10)18-14(20)7-8-17-16(21)15-11(22-2)5-4-6-12(15)23-3/h4-6,9H,7-8H2,1-3H3,(H,17,21)(H,18,19,20). The first-order valence-electron chi connectivity index (χ1n) is 7.27. The fraction of sp³-hybridized carbons (Fsp3) is 0.312. The summed E-state index contributed by atoms with van der Waals surface area (Å²) in [5.41, 5.74) is 0.287. The van der Waals surface area contributed by atoms with Crippen LogP contribution in [0.4, 0.5) is 5.82 Å². The van der Waals surface area contributed by atoms with Crippen LogP contribution in [-0.4, -0.2) is 37.7 Å². The van der Waals surface area contributed by atoms with E-state index in [4.69, 9.17) is 14.0 Å². The average Bonchev–Trinajstić information content (AvgIpc) is 2.98. The Labute approximate surface area is 139 Å². The SMILES string of the molecule is COc1cccc(OC)c1C(=O)NCCC(=O)Nc1cc(C)on1. The Balaban J connectivity index is 1.90. The van der Waals surface area contributed by atoms with Crippen molar-refractivity contribution < 1.29 is 23.6 Å². The van der Waals surface area contributed by atoms with Gasteiger partial charge in [0.2, 0.25) is 5.91 Å². The van der Waals surface area contributed by atoms with E-state index in [0.29, 0.717) is 23.1 Å². The van der Waals surface area contributed by atoms with Gasteiger partial charge in [0.15, 0.2) is 5.82 Å². The third-order valence-electron chi connectivity index (χ3n) is 3.19. The molecule has 8 nitrogen and oxygen atoms in total. The molecule has 0 aliphatic rings. The summed E-state index contributed by atoms with van der Waals surface area (Å²) < 4.78 is 15.2. The van der Waals surface area contributed by atoms with Crippen molar-refractivity contribution in [2.45, 2.75) is 13.3 Å². The van der Waals surface area contributed by atoms with Crippen molar-refractivity contribution in [1.29, 1.82) is 0 Å². The van der Waals surface area contributed by atoms with E-state index in [1.165, 1.54) is 14.2 Å². The van der Waals surface area contributed by atoms with Crippen molar-refractivity contribution in [2.75, 3.05) is 26.1 Å². The van der Waals surface area contributed by atoms with E-state index in [2.05, 4.69) is 15.8 Å². The molecular weight excluding hydrogens is 314 g/mol. The number of amides is 2. The molecule has 1 heterocycles. The number of ether oxygens (including phenoxy) is 2. The van der Waals surface area contributed by atoms with Crippen molar-refractivity contribution in [2.24, 2.45) is 0 Å². The Morgan fingerprint density at radius 2 is 1.88 bits per heavy atom. The third kappa shape index (κ3) is 4.25. The van der Waals surface area contributed by atoms with E-state index >= 15 is 0 Å². The Bertz CT molecular complexity index is 704. The maximum atomic E-state index is 12.3. The number of nitrogens with zero attached hydrogens (tertiary/aromatic N) is 1. The Kier molecular flexibility index (Phi) is 5.78. The molecular formula is C16H19N3O5. The van der Waals surface area contributed by atoms with Crippen LogP contribution < -0.4 is 20.1 Å². The van der Waals surface area contributed by atoms with E-state index in [0.717, 1.165) is 0 Å². The lowest BCUT2D eigenvalue weighted by molar-refractivity contribution is -0.116. The second-order valence-corrected chi connectivity index (χ2v) is 4.91. The van der Waals surface area contributed by atoms with Gasteiger partial charge in [-0.25, -0.2) is 0 Å². The topological polar surface area (TPSA) is 103 Å². The Morgan fingerprint density at radius 3 is 2.42 bits per heavy atom. The Morgan fingerprint density at radius 1 is 1.21 bits per heavy atom. The number of anilines is 1. The molecule has 0 spiro atoms. The molecule has 2 N–H and O–H groups in total. The van der Waals surface area contributed by atoms with E-state index in [-0.39, 0.29) is 30.3 Å². The number of nitrogens with one attached hydrogen (secondary N) is 2. The maximum absolute atomic E-state index is 12.3. The molecule has 0 radical (unpaired) electrons. The highest BCUT2D eigenvalue weighted by Gasteiger charge is 2.18. The first kappa shape index (κ1) is 17.3. The summed E-state index contributed by atoms with van der Waals surface area (Å²) in [6, 6.07) is 6.66. The average molecular weight is 333 g/mol. The highest BCUT2D eigenvalue weighted by molar-refractivity contribution is 6.00. The molecule has 2 aromatic rings. The number of rotatable bonds is 7. The predicted octanol–water partition coefficient (Wildman–Crippen LogP) is 1.76. The number of aryl methyl sites for hydroxylation is 1. The van der Waals surface area contributed by atoms with Crippen molar-refractivity contribution in [3.63, 3.8) is 0 Å². The zero-order valence-electron chi connectivity index (χ0n) is 13.7. The van der Waals surface area contributed by atoms with Gasteiger partial charge in [0.05, 0.1) is 14.2 Å². The number of benzene rings is 1. The number of aromatic nitrogens is 1. The number of hydrogen-bond donors (Lipinski definition) is 2. The minimum Gasteiger partial charge on any atom is -0.496 e. The summed E-state index contributed by atoms with van der Waals surface area (Å²) in [6.45, 7) is 1.88. The number of hydrogen-bond acceptors (Lipinski definition) is 6. The van der Waals surface area contributed by atoms with Gasteiger partial charge in [0.1, 0.15) is 22.8 Å². The van der Waals surface area contributed by atoms with Crippen molar-refractivity contribution in [1.82, 2.24) is 10.5 Å². The van der Waals surface area contributed by atoms with E-state index in [1.54, 1.807) is 31.2 Å². The molecule has 0 saturated carbocycles. The molecule has 2 amide bonds. The summed E-state index contributed by atoms with van der Waals surface area (Å²) >= 11 is 0. The van der Waals surface area contributed by atoms with Gasteiger partial charge < -0.3 is 24.6 Å². The summed E-state index contributed by atoms with van der Waals surface area (Å²) in [5.74, 6) is 1.07. The second kappa shape index (κ2) is 8.00. The van der Waals surface area contributed by atoms with Gasteiger partial charge >= 0.3 is 0 Å². The first-order chi connectivity index (χ1) is 11.5. The predicted molar refractivity (Wildman–Crippen MR) is 86.4 cm³/mol. The lowest BCUT2D eigenvalue weighted by Gasteiger charge is -2.12. The molecule has 0 fully saturated rings. The van der Waals surface area contributed by atoms with Crippen molar-refractivity contribution in [3.05, 3.63) is 35.6 Å². The summed E-state index contributed by atoms with van der Waals surface area (Å²) in [7, 11) is 2.94. The Hall–Kier alpha value is -3.03. The molecule has 2 rings (SSSR count). The smallest absolute Gasteiger partial charge is 0.258 e. The molecule has 0 bridgehead atoms. The maximum Gasteiger partial charge on any atom is 0.258 e. The van der Waals surface area contributed by atoms with Crippen LogP contribution in [0, 0.1) is 6.92 Å². The number of carbonyl (C=O) groups is 2. The van der Waals surface area contributed by atoms with Crippen molar-refractivity contribution >= 4 is 17.6 Å². The molecule has 0 saturated heterocycles. The lowest BCUT2D eigenvalue weighted by Crippen LogP contribution is -2.28. The minimum atomic E-state index is -0.380. The monoisotopic (exact) mass is 333 g/mol. The first-order valence-corrected chi connectivity index (χ1v) is 7.27.